The van der Waals surface area contributed by atoms with E-state index < -0.39 is 0 Å². The fourth-order valence-electron chi connectivity index (χ4n) is 2.68. The Bertz CT molecular complexity index is 875. The van der Waals surface area contributed by atoms with Gasteiger partial charge in [0.25, 0.3) is 0 Å². The lowest BCUT2D eigenvalue weighted by Gasteiger charge is -2.06. The first kappa shape index (κ1) is 16.2. The Hall–Kier alpha value is -2.63. The number of hydrogen-bond donors (Lipinski definition) is 2. The van der Waals surface area contributed by atoms with E-state index in [1.54, 1.807) is 4.68 Å². The molecule has 3 rings (SSSR count). The zero-order valence-electron chi connectivity index (χ0n) is 14.6. The molecule has 126 valence electrons. The van der Waals surface area contributed by atoms with E-state index in [9.17, 15) is 4.79 Å². The summed E-state index contributed by atoms with van der Waals surface area (Å²) in [6.45, 7) is 8.97. The van der Waals surface area contributed by atoms with Gasteiger partial charge in [0.1, 0.15) is 6.54 Å². The lowest BCUT2D eigenvalue weighted by Crippen LogP contribution is -2.27. The standard InChI is InChI=1S/C18H23N5O/c1-11(2)17-9-23(22-21-17)10-18(24)19-8-14-5-6-16-15(7-14)12(3)13(4)20-16/h5-7,9,11,20H,8,10H2,1-4H3,(H,19,24). The molecule has 0 aliphatic carbocycles. The number of rotatable bonds is 5. The largest absolute Gasteiger partial charge is 0.358 e. The fraction of sp³-hybridized carbons (Fsp3) is 0.389. The van der Waals surface area contributed by atoms with Crippen LogP contribution < -0.4 is 5.32 Å². The second kappa shape index (κ2) is 6.47. The number of carbonyl (C=O) groups is 1. The van der Waals surface area contributed by atoms with E-state index in [4.69, 9.17) is 0 Å². The van der Waals surface area contributed by atoms with Crippen molar-refractivity contribution in [3.63, 3.8) is 0 Å². The molecule has 1 aromatic carbocycles. The lowest BCUT2D eigenvalue weighted by molar-refractivity contribution is -0.122. The second-order valence-electron chi connectivity index (χ2n) is 6.53. The smallest absolute Gasteiger partial charge is 0.242 e. The van der Waals surface area contributed by atoms with Gasteiger partial charge in [0, 0.05) is 29.3 Å². The van der Waals surface area contributed by atoms with Crippen LogP contribution in [0.3, 0.4) is 0 Å². The summed E-state index contributed by atoms with van der Waals surface area (Å²) in [5.41, 5.74) is 5.54. The Morgan fingerprint density at radius 1 is 1.33 bits per heavy atom. The highest BCUT2D eigenvalue weighted by atomic mass is 16.2. The minimum Gasteiger partial charge on any atom is -0.358 e. The van der Waals surface area contributed by atoms with E-state index in [1.165, 1.54) is 16.6 Å². The molecule has 0 spiro atoms. The van der Waals surface area contributed by atoms with Gasteiger partial charge < -0.3 is 10.3 Å². The van der Waals surface area contributed by atoms with Gasteiger partial charge in [-0.1, -0.05) is 25.1 Å². The molecular formula is C18H23N5O. The van der Waals surface area contributed by atoms with Crippen molar-refractivity contribution in [3.05, 3.63) is 46.9 Å². The third-order valence-corrected chi connectivity index (χ3v) is 4.32. The molecule has 0 aliphatic heterocycles. The van der Waals surface area contributed by atoms with Crippen LogP contribution in [0.5, 0.6) is 0 Å². The van der Waals surface area contributed by atoms with E-state index in [0.717, 1.165) is 16.8 Å². The number of nitrogens with zero attached hydrogens (tertiary/aromatic N) is 3. The Morgan fingerprint density at radius 3 is 2.83 bits per heavy atom. The summed E-state index contributed by atoms with van der Waals surface area (Å²) < 4.78 is 1.58. The fourth-order valence-corrected chi connectivity index (χ4v) is 2.68. The number of nitrogens with one attached hydrogen (secondary N) is 2. The van der Waals surface area contributed by atoms with Gasteiger partial charge in [0.2, 0.25) is 5.91 Å². The van der Waals surface area contributed by atoms with Crippen molar-refractivity contribution in [1.29, 1.82) is 0 Å². The number of aromatic nitrogens is 4. The zero-order chi connectivity index (χ0) is 17.3. The van der Waals surface area contributed by atoms with Crippen LogP contribution in [0.25, 0.3) is 10.9 Å². The van der Waals surface area contributed by atoms with Crippen LogP contribution in [0.4, 0.5) is 0 Å². The maximum atomic E-state index is 12.1. The van der Waals surface area contributed by atoms with Gasteiger partial charge in [-0.15, -0.1) is 5.10 Å². The van der Waals surface area contributed by atoms with Crippen LogP contribution in [0, 0.1) is 13.8 Å². The second-order valence-corrected chi connectivity index (χ2v) is 6.53. The maximum absolute atomic E-state index is 12.1. The van der Waals surface area contributed by atoms with Gasteiger partial charge >= 0.3 is 0 Å². The molecule has 0 aliphatic rings. The first-order valence-corrected chi connectivity index (χ1v) is 8.18. The van der Waals surface area contributed by atoms with Gasteiger partial charge in [-0.2, -0.15) is 0 Å². The van der Waals surface area contributed by atoms with Gasteiger partial charge in [-0.3, -0.25) is 4.79 Å². The molecule has 0 unspecified atom stereocenters. The van der Waals surface area contributed by atoms with E-state index in [-0.39, 0.29) is 12.5 Å². The third-order valence-electron chi connectivity index (χ3n) is 4.32. The van der Waals surface area contributed by atoms with E-state index in [1.807, 2.05) is 12.3 Å². The Morgan fingerprint density at radius 2 is 2.12 bits per heavy atom. The molecule has 2 heterocycles. The molecule has 0 fully saturated rings. The van der Waals surface area contributed by atoms with Crippen molar-refractivity contribution in [1.82, 2.24) is 25.3 Å². The summed E-state index contributed by atoms with van der Waals surface area (Å²) in [5, 5.41) is 12.2. The van der Waals surface area contributed by atoms with Crippen LogP contribution in [-0.4, -0.2) is 25.9 Å². The maximum Gasteiger partial charge on any atom is 0.242 e. The molecule has 0 atom stereocenters. The van der Waals surface area contributed by atoms with Crippen LogP contribution in [0.15, 0.2) is 24.4 Å². The van der Waals surface area contributed by atoms with E-state index in [0.29, 0.717) is 12.5 Å². The third kappa shape index (κ3) is 3.32. The number of aromatic amines is 1. The minimum atomic E-state index is -0.0720. The van der Waals surface area contributed by atoms with E-state index >= 15 is 0 Å². The molecule has 2 N–H and O–H groups in total. The molecule has 1 amide bonds. The average molecular weight is 325 g/mol. The van der Waals surface area contributed by atoms with Crippen molar-refractivity contribution in [2.45, 2.75) is 46.7 Å². The molecule has 2 aromatic heterocycles. The van der Waals surface area contributed by atoms with Crippen LogP contribution in [-0.2, 0) is 17.9 Å². The molecule has 0 saturated carbocycles. The highest BCUT2D eigenvalue weighted by Gasteiger charge is 2.09. The lowest BCUT2D eigenvalue weighted by atomic mass is 10.1. The summed E-state index contributed by atoms with van der Waals surface area (Å²) in [7, 11) is 0. The van der Waals surface area contributed by atoms with Crippen molar-refractivity contribution in [2.24, 2.45) is 0 Å². The minimum absolute atomic E-state index is 0.0720. The Kier molecular flexibility index (Phi) is 4.38. The summed E-state index contributed by atoms with van der Waals surface area (Å²) in [4.78, 5) is 15.5. The van der Waals surface area contributed by atoms with Crippen molar-refractivity contribution < 1.29 is 4.79 Å². The van der Waals surface area contributed by atoms with Gasteiger partial charge in [0.05, 0.1) is 5.69 Å². The van der Waals surface area contributed by atoms with Crippen molar-refractivity contribution >= 4 is 16.8 Å². The molecule has 0 bridgehead atoms. The van der Waals surface area contributed by atoms with Crippen LogP contribution >= 0.6 is 0 Å². The van der Waals surface area contributed by atoms with Gasteiger partial charge in [-0.25, -0.2) is 4.68 Å². The van der Waals surface area contributed by atoms with Gasteiger partial charge in [-0.05, 0) is 43.0 Å². The quantitative estimate of drug-likeness (QED) is 0.757. The predicted molar refractivity (Wildman–Crippen MR) is 93.7 cm³/mol. The topological polar surface area (TPSA) is 75.6 Å². The molecular weight excluding hydrogens is 302 g/mol. The van der Waals surface area contributed by atoms with Crippen LogP contribution in [0.2, 0.25) is 0 Å². The molecule has 6 nitrogen and oxygen atoms in total. The predicted octanol–water partition coefficient (Wildman–Crippen LogP) is 2.82. The highest BCUT2D eigenvalue weighted by Crippen LogP contribution is 2.22. The summed E-state index contributed by atoms with van der Waals surface area (Å²) in [6.07, 6.45) is 1.82. The number of benzene rings is 1. The molecule has 0 radical (unpaired) electrons. The zero-order valence-corrected chi connectivity index (χ0v) is 14.6. The number of carbonyl (C=O) groups excluding carboxylic acids is 1. The molecule has 24 heavy (non-hydrogen) atoms. The number of hydrogen-bond acceptors (Lipinski definition) is 3. The number of H-pyrrole nitrogens is 1. The van der Waals surface area contributed by atoms with Crippen molar-refractivity contribution in [3.8, 4) is 0 Å². The molecule has 6 heteroatoms. The van der Waals surface area contributed by atoms with Gasteiger partial charge in [0.15, 0.2) is 0 Å². The average Bonchev–Trinajstić information content (AvgIpc) is 3.11. The monoisotopic (exact) mass is 325 g/mol. The van der Waals surface area contributed by atoms with Crippen LogP contribution in [0.1, 0.15) is 42.3 Å². The SMILES string of the molecule is Cc1[nH]c2ccc(CNC(=O)Cn3cc(C(C)C)nn3)cc2c1C. The van der Waals surface area contributed by atoms with Crippen molar-refractivity contribution in [2.75, 3.05) is 0 Å². The number of fused-ring (bicyclic) bond motifs is 1. The normalized spacial score (nSPS) is 11.4. The summed E-state index contributed by atoms with van der Waals surface area (Å²) in [5.74, 6) is 0.235. The molecule has 3 aromatic rings. The Balaban J connectivity index is 1.62. The Labute approximate surface area is 141 Å². The number of amides is 1. The first-order valence-electron chi connectivity index (χ1n) is 8.18. The van der Waals surface area contributed by atoms with E-state index in [2.05, 4.69) is 60.4 Å². The first-order chi connectivity index (χ1) is 11.4. The molecule has 0 saturated heterocycles. The summed E-state index contributed by atoms with van der Waals surface area (Å²) in [6, 6.07) is 6.22. The summed E-state index contributed by atoms with van der Waals surface area (Å²) >= 11 is 0. The number of aryl methyl sites for hydroxylation is 2. The highest BCUT2D eigenvalue weighted by molar-refractivity contribution is 5.85.